The number of piperidine rings is 1. The summed E-state index contributed by atoms with van der Waals surface area (Å²) in [6.07, 6.45) is 0.396. The Hall–Kier alpha value is -2.25. The van der Waals surface area contributed by atoms with Crippen LogP contribution in [-0.4, -0.2) is 11.2 Å². The topological polar surface area (TPSA) is 44.1 Å². The SMILES string of the molecule is N#CC1C(=O)CC(c2ccccc2)N2c3ccccc3SC12. The lowest BCUT2D eigenvalue weighted by molar-refractivity contribution is -0.122. The van der Waals surface area contributed by atoms with Gasteiger partial charge in [-0.05, 0) is 17.7 Å². The molecule has 0 amide bonds. The fraction of sp³-hybridized carbons (Fsp3) is 0.222. The molecule has 0 radical (unpaired) electrons. The van der Waals surface area contributed by atoms with Crippen LogP contribution < -0.4 is 4.90 Å². The molecular weight excluding hydrogens is 292 g/mol. The summed E-state index contributed by atoms with van der Waals surface area (Å²) in [7, 11) is 0. The van der Waals surface area contributed by atoms with Crippen LogP contribution in [-0.2, 0) is 4.79 Å². The Kier molecular flexibility index (Phi) is 3.16. The molecule has 0 aromatic heterocycles. The van der Waals surface area contributed by atoms with E-state index < -0.39 is 5.92 Å². The number of nitriles is 1. The first-order valence-electron chi connectivity index (χ1n) is 7.31. The maximum Gasteiger partial charge on any atom is 0.155 e. The van der Waals surface area contributed by atoms with Crippen molar-refractivity contribution in [3.8, 4) is 6.07 Å². The fourth-order valence-electron chi connectivity index (χ4n) is 3.33. The van der Waals surface area contributed by atoms with Crippen LogP contribution in [0.4, 0.5) is 5.69 Å². The van der Waals surface area contributed by atoms with E-state index in [-0.39, 0.29) is 17.2 Å². The van der Waals surface area contributed by atoms with Gasteiger partial charge in [-0.15, -0.1) is 0 Å². The van der Waals surface area contributed by atoms with Crippen LogP contribution in [0.25, 0.3) is 0 Å². The third-order valence-corrected chi connectivity index (χ3v) is 5.69. The van der Waals surface area contributed by atoms with Gasteiger partial charge in [0.25, 0.3) is 0 Å². The number of benzene rings is 2. The third kappa shape index (κ3) is 1.93. The van der Waals surface area contributed by atoms with Crippen molar-refractivity contribution in [2.75, 3.05) is 4.90 Å². The van der Waals surface area contributed by atoms with E-state index in [4.69, 9.17) is 0 Å². The highest BCUT2D eigenvalue weighted by atomic mass is 32.2. The van der Waals surface area contributed by atoms with Crippen molar-refractivity contribution in [2.45, 2.75) is 22.7 Å². The van der Waals surface area contributed by atoms with Crippen molar-refractivity contribution in [1.29, 1.82) is 5.26 Å². The molecule has 0 spiro atoms. The zero-order chi connectivity index (χ0) is 15.1. The summed E-state index contributed by atoms with van der Waals surface area (Å²) in [6, 6.07) is 20.5. The number of ketones is 1. The van der Waals surface area contributed by atoms with E-state index in [0.29, 0.717) is 6.42 Å². The van der Waals surface area contributed by atoms with Crippen LogP contribution in [0.5, 0.6) is 0 Å². The van der Waals surface area contributed by atoms with Gasteiger partial charge in [-0.1, -0.05) is 54.2 Å². The second-order valence-corrected chi connectivity index (χ2v) is 6.75. The van der Waals surface area contributed by atoms with Crippen LogP contribution in [0, 0.1) is 17.2 Å². The standard InChI is InChI=1S/C18H14N2OS/c19-11-13-16(21)10-15(12-6-2-1-3-7-12)20-14-8-4-5-9-17(14)22-18(13)20/h1-9,13,15,18H,10H2. The largest absolute Gasteiger partial charge is 0.349 e. The smallest absolute Gasteiger partial charge is 0.155 e. The highest BCUT2D eigenvalue weighted by Crippen LogP contribution is 2.53. The third-order valence-electron chi connectivity index (χ3n) is 4.35. The first kappa shape index (κ1) is 13.4. The molecule has 2 aliphatic rings. The van der Waals surface area contributed by atoms with Crippen LogP contribution in [0.3, 0.4) is 0 Å². The van der Waals surface area contributed by atoms with Gasteiger partial charge < -0.3 is 4.90 Å². The Morgan fingerprint density at radius 3 is 2.59 bits per heavy atom. The van der Waals surface area contributed by atoms with E-state index in [0.717, 1.165) is 16.1 Å². The van der Waals surface area contributed by atoms with Gasteiger partial charge in [-0.3, -0.25) is 4.79 Å². The minimum Gasteiger partial charge on any atom is -0.349 e. The number of rotatable bonds is 1. The number of Topliss-reactive ketones (excluding diaryl/α,β-unsaturated/α-hetero) is 1. The molecule has 2 aliphatic heterocycles. The van der Waals surface area contributed by atoms with Crippen LogP contribution in [0.1, 0.15) is 18.0 Å². The van der Waals surface area contributed by atoms with Crippen molar-refractivity contribution in [2.24, 2.45) is 5.92 Å². The molecule has 1 saturated heterocycles. The molecular formula is C18H14N2OS. The molecule has 22 heavy (non-hydrogen) atoms. The van der Waals surface area contributed by atoms with E-state index >= 15 is 0 Å². The van der Waals surface area contributed by atoms with Crippen LogP contribution in [0.15, 0.2) is 59.5 Å². The van der Waals surface area contributed by atoms with E-state index in [2.05, 4.69) is 35.2 Å². The number of anilines is 1. The molecule has 3 atom stereocenters. The number of hydrogen-bond acceptors (Lipinski definition) is 4. The second-order valence-electron chi connectivity index (χ2n) is 5.59. The number of para-hydroxylation sites is 1. The summed E-state index contributed by atoms with van der Waals surface area (Å²) < 4.78 is 0. The molecule has 1 fully saturated rings. The number of nitrogens with zero attached hydrogens (tertiary/aromatic N) is 2. The average molecular weight is 306 g/mol. The molecule has 2 aromatic rings. The van der Waals surface area contributed by atoms with Gasteiger partial charge in [0, 0.05) is 11.3 Å². The van der Waals surface area contributed by atoms with Crippen LogP contribution >= 0.6 is 11.8 Å². The molecule has 0 aliphatic carbocycles. The molecule has 108 valence electrons. The zero-order valence-electron chi connectivity index (χ0n) is 11.8. The lowest BCUT2D eigenvalue weighted by atomic mass is 9.88. The van der Waals surface area contributed by atoms with Crippen molar-refractivity contribution in [3.05, 3.63) is 60.2 Å². The molecule has 3 nitrogen and oxygen atoms in total. The van der Waals surface area contributed by atoms with Crippen LogP contribution in [0.2, 0.25) is 0 Å². The summed E-state index contributed by atoms with van der Waals surface area (Å²) in [4.78, 5) is 15.9. The molecule has 2 heterocycles. The molecule has 0 bridgehead atoms. The summed E-state index contributed by atoms with van der Waals surface area (Å²) in [5, 5.41) is 9.32. The van der Waals surface area contributed by atoms with Crippen molar-refractivity contribution >= 4 is 23.2 Å². The van der Waals surface area contributed by atoms with E-state index in [1.54, 1.807) is 11.8 Å². The number of hydrogen-bond donors (Lipinski definition) is 0. The summed E-state index contributed by atoms with van der Waals surface area (Å²) in [5.41, 5.74) is 2.27. The zero-order valence-corrected chi connectivity index (χ0v) is 12.7. The molecule has 4 rings (SSSR count). The highest BCUT2D eigenvalue weighted by molar-refractivity contribution is 8.00. The van der Waals surface area contributed by atoms with Gasteiger partial charge in [0.2, 0.25) is 0 Å². The summed E-state index contributed by atoms with van der Waals surface area (Å²) in [6.45, 7) is 0. The number of fused-ring (bicyclic) bond motifs is 3. The fourth-order valence-corrected chi connectivity index (χ4v) is 4.77. The Morgan fingerprint density at radius 2 is 1.82 bits per heavy atom. The van der Waals surface area contributed by atoms with Gasteiger partial charge in [0.15, 0.2) is 5.78 Å². The monoisotopic (exact) mass is 306 g/mol. The average Bonchev–Trinajstić information content (AvgIpc) is 2.94. The Morgan fingerprint density at radius 1 is 1.09 bits per heavy atom. The van der Waals surface area contributed by atoms with Crippen molar-refractivity contribution in [1.82, 2.24) is 0 Å². The normalized spacial score (nSPS) is 26.2. The first-order chi connectivity index (χ1) is 10.8. The first-order valence-corrected chi connectivity index (χ1v) is 8.19. The quantitative estimate of drug-likeness (QED) is 0.804. The molecule has 0 N–H and O–H groups in total. The molecule has 2 aromatic carbocycles. The lowest BCUT2D eigenvalue weighted by Crippen LogP contribution is -2.47. The summed E-state index contributed by atoms with van der Waals surface area (Å²) >= 11 is 1.64. The predicted octanol–water partition coefficient (Wildman–Crippen LogP) is 3.78. The Balaban J connectivity index is 1.84. The number of carbonyl (C=O) groups is 1. The number of thioether (sulfide) groups is 1. The van der Waals surface area contributed by atoms with Crippen molar-refractivity contribution < 1.29 is 4.79 Å². The van der Waals surface area contributed by atoms with Gasteiger partial charge in [0.1, 0.15) is 11.3 Å². The van der Waals surface area contributed by atoms with Gasteiger partial charge in [0.05, 0.1) is 17.8 Å². The minimum atomic E-state index is -0.558. The molecule has 4 heteroatoms. The maximum atomic E-state index is 12.4. The van der Waals surface area contributed by atoms with Gasteiger partial charge in [-0.2, -0.15) is 5.26 Å². The summed E-state index contributed by atoms with van der Waals surface area (Å²) in [5.74, 6) is -0.504. The predicted molar refractivity (Wildman–Crippen MR) is 86.5 cm³/mol. The lowest BCUT2D eigenvalue weighted by Gasteiger charge is -2.40. The minimum absolute atomic E-state index is 0.0134. The molecule has 0 saturated carbocycles. The highest BCUT2D eigenvalue weighted by Gasteiger charge is 2.47. The van der Waals surface area contributed by atoms with E-state index in [1.807, 2.05) is 30.3 Å². The Bertz CT molecular complexity index is 768. The Labute approximate surface area is 133 Å². The molecule has 3 unspecified atom stereocenters. The number of carbonyl (C=O) groups excluding carboxylic acids is 1. The van der Waals surface area contributed by atoms with Gasteiger partial charge >= 0.3 is 0 Å². The van der Waals surface area contributed by atoms with E-state index in [1.165, 1.54) is 0 Å². The second kappa shape index (κ2) is 5.19. The van der Waals surface area contributed by atoms with Gasteiger partial charge in [-0.25, -0.2) is 0 Å². The van der Waals surface area contributed by atoms with Crippen molar-refractivity contribution in [3.63, 3.8) is 0 Å². The van der Waals surface area contributed by atoms with E-state index in [9.17, 15) is 10.1 Å². The maximum absolute atomic E-state index is 12.4.